The second-order valence-corrected chi connectivity index (χ2v) is 7.76. The van der Waals surface area contributed by atoms with Gasteiger partial charge in [-0.2, -0.15) is 5.10 Å². The van der Waals surface area contributed by atoms with Crippen LogP contribution in [-0.2, 0) is 27.3 Å². The number of nitrogens with zero attached hydrogens (tertiary/aromatic N) is 3. The number of ether oxygens (including phenoxy) is 1. The van der Waals surface area contributed by atoms with E-state index < -0.39 is 12.0 Å². The fraction of sp³-hybridized carbons (Fsp3) is 0.280. The average molecular weight is 461 g/mol. The Hall–Kier alpha value is -3.98. The van der Waals surface area contributed by atoms with Crippen LogP contribution in [0.3, 0.4) is 0 Å². The van der Waals surface area contributed by atoms with Crippen LogP contribution in [0.4, 0.5) is 5.82 Å². The van der Waals surface area contributed by atoms with Crippen molar-refractivity contribution >= 4 is 28.6 Å². The summed E-state index contributed by atoms with van der Waals surface area (Å²) < 4.78 is 6.76. The van der Waals surface area contributed by atoms with Crippen molar-refractivity contribution < 1.29 is 14.3 Å². The van der Waals surface area contributed by atoms with Crippen molar-refractivity contribution in [1.82, 2.24) is 25.1 Å². The van der Waals surface area contributed by atoms with E-state index in [9.17, 15) is 9.59 Å². The maximum Gasteiger partial charge on any atom is 0.319 e. The number of aromatic nitrogens is 4. The molecule has 3 N–H and O–H groups in total. The number of hydrogen-bond acceptors (Lipinski definition) is 6. The molecule has 0 saturated heterocycles. The van der Waals surface area contributed by atoms with Crippen molar-refractivity contribution in [2.45, 2.75) is 32.9 Å². The molecule has 0 fully saturated rings. The predicted octanol–water partition coefficient (Wildman–Crippen LogP) is 3.15. The number of para-hydroxylation sites is 1. The fourth-order valence-electron chi connectivity index (χ4n) is 3.83. The van der Waals surface area contributed by atoms with Crippen LogP contribution < -0.4 is 10.6 Å². The highest BCUT2D eigenvalue weighted by Gasteiger charge is 2.23. The number of rotatable bonds is 10. The maximum absolute atomic E-state index is 13.4. The zero-order valence-corrected chi connectivity index (χ0v) is 19.2. The van der Waals surface area contributed by atoms with Gasteiger partial charge in [0.15, 0.2) is 0 Å². The number of carbonyl (C=O) groups is 2. The van der Waals surface area contributed by atoms with Gasteiger partial charge in [-0.25, -0.2) is 4.68 Å². The van der Waals surface area contributed by atoms with E-state index in [0.29, 0.717) is 18.8 Å². The van der Waals surface area contributed by atoms with Crippen LogP contribution in [0.15, 0.2) is 61.1 Å². The summed E-state index contributed by atoms with van der Waals surface area (Å²) in [5.41, 5.74) is 3.63. The lowest BCUT2D eigenvalue weighted by atomic mass is 10.0. The molecule has 3 heterocycles. The molecule has 0 aliphatic carbocycles. The summed E-state index contributed by atoms with van der Waals surface area (Å²) >= 11 is 0. The van der Waals surface area contributed by atoms with Crippen LogP contribution in [0.1, 0.15) is 19.4 Å². The zero-order chi connectivity index (χ0) is 23.9. The first-order valence-corrected chi connectivity index (χ1v) is 11.3. The first-order chi connectivity index (χ1) is 16.6. The first kappa shape index (κ1) is 23.2. The van der Waals surface area contributed by atoms with E-state index in [0.717, 1.165) is 27.7 Å². The number of nitrogens with one attached hydrogen (secondary N) is 3. The molecule has 0 bridgehead atoms. The number of fused-ring (bicyclic) bond motifs is 1. The molecule has 1 amide bonds. The van der Waals surface area contributed by atoms with Crippen LogP contribution in [0.2, 0.25) is 0 Å². The number of amides is 1. The van der Waals surface area contributed by atoms with E-state index >= 15 is 0 Å². The van der Waals surface area contributed by atoms with Gasteiger partial charge in [0.25, 0.3) is 0 Å². The Kier molecular flexibility index (Phi) is 7.34. The third kappa shape index (κ3) is 5.32. The van der Waals surface area contributed by atoms with Crippen molar-refractivity contribution in [1.29, 1.82) is 0 Å². The molecule has 34 heavy (non-hydrogen) atoms. The number of carbonyl (C=O) groups excluding carboxylic acids is 2. The lowest BCUT2D eigenvalue weighted by Crippen LogP contribution is -2.44. The molecule has 1 atom stereocenters. The largest absolute Gasteiger partial charge is 0.465 e. The number of esters is 1. The highest BCUT2D eigenvalue weighted by molar-refractivity contribution is 5.95. The SMILES string of the molecule is CCOC(=O)CNC(Cc1c[nH]c2ccccc12)C(=O)Nc1cc(-c2ccncc2)nn1CC. The van der Waals surface area contributed by atoms with Gasteiger partial charge >= 0.3 is 5.97 Å². The average Bonchev–Trinajstić information content (AvgIpc) is 3.46. The molecule has 9 nitrogen and oxygen atoms in total. The molecular formula is C25H28N6O3. The van der Waals surface area contributed by atoms with Gasteiger partial charge in [-0.1, -0.05) is 18.2 Å². The molecule has 0 saturated carbocycles. The second-order valence-electron chi connectivity index (χ2n) is 7.76. The minimum absolute atomic E-state index is 0.0659. The zero-order valence-electron chi connectivity index (χ0n) is 19.2. The molecular weight excluding hydrogens is 432 g/mol. The van der Waals surface area contributed by atoms with Gasteiger partial charge < -0.3 is 15.0 Å². The number of benzene rings is 1. The Morgan fingerprint density at radius 2 is 1.94 bits per heavy atom. The minimum Gasteiger partial charge on any atom is -0.465 e. The maximum atomic E-state index is 13.4. The summed E-state index contributed by atoms with van der Waals surface area (Å²) in [6.07, 6.45) is 5.70. The van der Waals surface area contributed by atoms with Crippen LogP contribution in [-0.4, -0.2) is 50.8 Å². The van der Waals surface area contributed by atoms with Gasteiger partial charge in [0.2, 0.25) is 5.91 Å². The van der Waals surface area contributed by atoms with E-state index in [-0.39, 0.29) is 19.1 Å². The molecule has 176 valence electrons. The van der Waals surface area contributed by atoms with Crippen LogP contribution in [0, 0.1) is 0 Å². The topological polar surface area (TPSA) is 114 Å². The third-order valence-electron chi connectivity index (χ3n) is 5.52. The van der Waals surface area contributed by atoms with Gasteiger partial charge in [-0.05, 0) is 44.0 Å². The molecule has 1 aromatic carbocycles. The summed E-state index contributed by atoms with van der Waals surface area (Å²) in [5, 5.41) is 11.7. The quantitative estimate of drug-likeness (QED) is 0.313. The molecule has 3 aromatic heterocycles. The van der Waals surface area contributed by atoms with Gasteiger partial charge in [0.1, 0.15) is 5.82 Å². The first-order valence-electron chi connectivity index (χ1n) is 11.3. The number of H-pyrrole nitrogens is 1. The second kappa shape index (κ2) is 10.8. The number of anilines is 1. The Labute approximate surface area is 197 Å². The van der Waals surface area contributed by atoms with Crippen molar-refractivity contribution in [3.8, 4) is 11.3 Å². The number of pyridine rings is 1. The molecule has 0 aliphatic heterocycles. The lowest BCUT2D eigenvalue weighted by Gasteiger charge is -2.18. The standard InChI is InChI=1S/C25H28N6O3/c1-3-31-23(14-21(30-31)17-9-11-26-12-10-17)29-25(33)22(28-16-24(32)34-4-2)13-18-15-27-20-8-6-5-7-19(18)20/h5-12,14-15,22,27-28H,3-4,13,16H2,1-2H3,(H,29,33). The number of aryl methyl sites for hydroxylation is 1. The smallest absolute Gasteiger partial charge is 0.319 e. The van der Waals surface area contributed by atoms with E-state index in [1.54, 1.807) is 24.0 Å². The van der Waals surface area contributed by atoms with Crippen LogP contribution >= 0.6 is 0 Å². The van der Waals surface area contributed by atoms with Gasteiger partial charge in [-0.3, -0.25) is 19.9 Å². The predicted molar refractivity (Wildman–Crippen MR) is 130 cm³/mol. The fourth-order valence-corrected chi connectivity index (χ4v) is 3.83. The molecule has 1 unspecified atom stereocenters. The monoisotopic (exact) mass is 460 g/mol. The summed E-state index contributed by atoms with van der Waals surface area (Å²) in [4.78, 5) is 32.6. The van der Waals surface area contributed by atoms with Gasteiger partial charge in [-0.15, -0.1) is 0 Å². The molecule has 0 spiro atoms. The molecule has 0 aliphatic rings. The summed E-state index contributed by atoms with van der Waals surface area (Å²) in [5.74, 6) is -0.0792. The summed E-state index contributed by atoms with van der Waals surface area (Å²) in [7, 11) is 0. The van der Waals surface area contributed by atoms with E-state index in [1.807, 2.05) is 55.6 Å². The van der Waals surface area contributed by atoms with Crippen molar-refractivity contribution in [2.24, 2.45) is 0 Å². The highest BCUT2D eigenvalue weighted by atomic mass is 16.5. The van der Waals surface area contributed by atoms with E-state index in [4.69, 9.17) is 4.74 Å². The number of aromatic amines is 1. The Morgan fingerprint density at radius 1 is 1.15 bits per heavy atom. The van der Waals surface area contributed by atoms with E-state index in [2.05, 4.69) is 25.7 Å². The number of hydrogen-bond donors (Lipinski definition) is 3. The molecule has 0 radical (unpaired) electrons. The summed E-state index contributed by atoms with van der Waals surface area (Å²) in [6.45, 7) is 4.52. The summed E-state index contributed by atoms with van der Waals surface area (Å²) in [6, 6.07) is 12.8. The van der Waals surface area contributed by atoms with Crippen LogP contribution in [0.5, 0.6) is 0 Å². The van der Waals surface area contributed by atoms with Crippen molar-refractivity contribution in [3.05, 3.63) is 66.6 Å². The van der Waals surface area contributed by atoms with Gasteiger partial charge in [0, 0.05) is 47.7 Å². The lowest BCUT2D eigenvalue weighted by molar-refractivity contribution is -0.142. The van der Waals surface area contributed by atoms with Crippen LogP contribution in [0.25, 0.3) is 22.2 Å². The Bertz CT molecular complexity index is 1260. The Morgan fingerprint density at radius 3 is 2.71 bits per heavy atom. The van der Waals surface area contributed by atoms with Crippen molar-refractivity contribution in [3.63, 3.8) is 0 Å². The van der Waals surface area contributed by atoms with Gasteiger partial charge in [0.05, 0.1) is 24.9 Å². The Balaban J connectivity index is 1.56. The minimum atomic E-state index is -0.659. The normalized spacial score (nSPS) is 11.9. The highest BCUT2D eigenvalue weighted by Crippen LogP contribution is 2.23. The van der Waals surface area contributed by atoms with E-state index in [1.165, 1.54) is 0 Å². The molecule has 9 heteroatoms. The van der Waals surface area contributed by atoms with Crippen molar-refractivity contribution in [2.75, 3.05) is 18.5 Å². The molecule has 4 rings (SSSR count). The molecule has 4 aromatic rings. The third-order valence-corrected chi connectivity index (χ3v) is 5.52.